The van der Waals surface area contributed by atoms with Gasteiger partial charge in [0.1, 0.15) is 0 Å². The summed E-state index contributed by atoms with van der Waals surface area (Å²) >= 11 is 0. The monoisotopic (exact) mass is 228 g/mol. The summed E-state index contributed by atoms with van der Waals surface area (Å²) < 4.78 is 0. The van der Waals surface area contributed by atoms with Crippen molar-refractivity contribution in [2.75, 3.05) is 26.2 Å². The van der Waals surface area contributed by atoms with Gasteiger partial charge in [-0.15, -0.1) is 0 Å². The number of carbonyl (C=O) groups excluding carboxylic acids is 1. The maximum Gasteiger partial charge on any atom is 0.317 e. The van der Waals surface area contributed by atoms with Crippen molar-refractivity contribution in [3.8, 4) is 0 Å². The van der Waals surface area contributed by atoms with Crippen molar-refractivity contribution in [2.45, 2.75) is 39.0 Å². The van der Waals surface area contributed by atoms with E-state index in [-0.39, 0.29) is 12.6 Å². The normalized spacial score (nSPS) is 17.5. The number of likely N-dealkylation sites (tertiary alicyclic amines) is 1. The SMILES string of the molecule is CCCC(CCO)CNC(=O)N1CCCC1. The van der Waals surface area contributed by atoms with Crippen LogP contribution in [0.2, 0.25) is 0 Å². The van der Waals surface area contributed by atoms with Gasteiger partial charge in [-0.3, -0.25) is 0 Å². The minimum absolute atomic E-state index is 0.0662. The molecule has 1 rings (SSSR count). The Balaban J connectivity index is 2.21. The van der Waals surface area contributed by atoms with Crippen LogP contribution in [0.5, 0.6) is 0 Å². The molecule has 1 saturated heterocycles. The molecule has 0 aromatic heterocycles. The van der Waals surface area contributed by atoms with E-state index in [2.05, 4.69) is 12.2 Å². The van der Waals surface area contributed by atoms with E-state index in [0.29, 0.717) is 12.5 Å². The Bertz CT molecular complexity index is 197. The highest BCUT2D eigenvalue weighted by Crippen LogP contribution is 2.11. The van der Waals surface area contributed by atoms with Crippen LogP contribution in [0.1, 0.15) is 39.0 Å². The van der Waals surface area contributed by atoms with Crippen molar-refractivity contribution in [3.05, 3.63) is 0 Å². The predicted octanol–water partition coefficient (Wildman–Crippen LogP) is 1.59. The number of rotatable bonds is 6. The molecule has 1 aliphatic heterocycles. The topological polar surface area (TPSA) is 52.6 Å². The smallest absolute Gasteiger partial charge is 0.317 e. The zero-order chi connectivity index (χ0) is 11.8. The Morgan fingerprint density at radius 1 is 1.38 bits per heavy atom. The number of nitrogens with zero attached hydrogens (tertiary/aromatic N) is 1. The van der Waals surface area contributed by atoms with E-state index in [0.717, 1.165) is 45.2 Å². The predicted molar refractivity (Wildman–Crippen MR) is 64.3 cm³/mol. The molecule has 4 heteroatoms. The van der Waals surface area contributed by atoms with Crippen molar-refractivity contribution < 1.29 is 9.90 Å². The Morgan fingerprint density at radius 3 is 2.62 bits per heavy atom. The summed E-state index contributed by atoms with van der Waals surface area (Å²) in [6, 6.07) is 0.0662. The average Bonchev–Trinajstić information content (AvgIpc) is 2.79. The largest absolute Gasteiger partial charge is 0.396 e. The maximum atomic E-state index is 11.7. The lowest BCUT2D eigenvalue weighted by atomic mass is 10.0. The van der Waals surface area contributed by atoms with Gasteiger partial charge < -0.3 is 15.3 Å². The van der Waals surface area contributed by atoms with E-state index in [9.17, 15) is 4.79 Å². The molecule has 0 spiro atoms. The van der Waals surface area contributed by atoms with Gasteiger partial charge in [0.2, 0.25) is 0 Å². The second-order valence-electron chi connectivity index (χ2n) is 4.55. The fourth-order valence-electron chi connectivity index (χ4n) is 2.20. The number of hydrogen-bond acceptors (Lipinski definition) is 2. The fourth-order valence-corrected chi connectivity index (χ4v) is 2.20. The third kappa shape index (κ3) is 4.39. The van der Waals surface area contributed by atoms with Crippen LogP contribution < -0.4 is 5.32 Å². The number of amides is 2. The molecule has 0 radical (unpaired) electrons. The highest BCUT2D eigenvalue weighted by Gasteiger charge is 2.18. The first-order chi connectivity index (χ1) is 7.77. The van der Waals surface area contributed by atoms with Crippen LogP contribution in [0.25, 0.3) is 0 Å². The molecule has 4 nitrogen and oxygen atoms in total. The summed E-state index contributed by atoms with van der Waals surface area (Å²) in [6.07, 6.45) is 5.21. The lowest BCUT2D eigenvalue weighted by molar-refractivity contribution is 0.202. The van der Waals surface area contributed by atoms with Crippen LogP contribution >= 0.6 is 0 Å². The number of nitrogens with one attached hydrogen (secondary N) is 1. The molecule has 2 amide bonds. The number of urea groups is 1. The number of carbonyl (C=O) groups is 1. The van der Waals surface area contributed by atoms with E-state index in [1.165, 1.54) is 0 Å². The molecule has 0 aliphatic carbocycles. The van der Waals surface area contributed by atoms with Crippen LogP contribution in [-0.2, 0) is 0 Å². The molecule has 2 N–H and O–H groups in total. The third-order valence-electron chi connectivity index (χ3n) is 3.17. The highest BCUT2D eigenvalue weighted by molar-refractivity contribution is 5.74. The van der Waals surface area contributed by atoms with Gasteiger partial charge in [0.15, 0.2) is 0 Å². The van der Waals surface area contributed by atoms with Crippen molar-refractivity contribution in [3.63, 3.8) is 0 Å². The first-order valence-electron chi connectivity index (χ1n) is 6.41. The Labute approximate surface area is 98.0 Å². The van der Waals surface area contributed by atoms with Crippen LogP contribution in [0.3, 0.4) is 0 Å². The van der Waals surface area contributed by atoms with Gasteiger partial charge in [0.25, 0.3) is 0 Å². The zero-order valence-corrected chi connectivity index (χ0v) is 10.2. The molecular formula is C12H24N2O2. The second kappa shape index (κ2) is 7.49. The molecule has 16 heavy (non-hydrogen) atoms. The molecule has 0 aromatic carbocycles. The molecule has 0 bridgehead atoms. The number of aliphatic hydroxyl groups excluding tert-OH is 1. The summed E-state index contributed by atoms with van der Waals surface area (Å²) in [5.41, 5.74) is 0. The van der Waals surface area contributed by atoms with Crippen molar-refractivity contribution in [1.29, 1.82) is 0 Å². The van der Waals surface area contributed by atoms with E-state index in [1.807, 2.05) is 4.90 Å². The molecule has 1 aliphatic rings. The molecule has 1 atom stereocenters. The number of aliphatic hydroxyl groups is 1. The highest BCUT2D eigenvalue weighted by atomic mass is 16.3. The van der Waals surface area contributed by atoms with Gasteiger partial charge in [-0.05, 0) is 31.6 Å². The van der Waals surface area contributed by atoms with Gasteiger partial charge in [0.05, 0.1) is 0 Å². The lowest BCUT2D eigenvalue weighted by Crippen LogP contribution is -2.40. The second-order valence-corrected chi connectivity index (χ2v) is 4.55. The summed E-state index contributed by atoms with van der Waals surface area (Å²) in [5, 5.41) is 11.9. The molecule has 1 heterocycles. The minimum atomic E-state index is 0.0662. The lowest BCUT2D eigenvalue weighted by Gasteiger charge is -2.20. The first kappa shape index (κ1) is 13.3. The van der Waals surface area contributed by atoms with Gasteiger partial charge >= 0.3 is 6.03 Å². The Morgan fingerprint density at radius 2 is 2.06 bits per heavy atom. The number of hydrogen-bond donors (Lipinski definition) is 2. The fraction of sp³-hybridized carbons (Fsp3) is 0.917. The first-order valence-corrected chi connectivity index (χ1v) is 6.41. The molecule has 94 valence electrons. The molecular weight excluding hydrogens is 204 g/mol. The average molecular weight is 228 g/mol. The quantitative estimate of drug-likeness (QED) is 0.725. The van der Waals surface area contributed by atoms with Gasteiger partial charge in [-0.1, -0.05) is 13.3 Å². The standard InChI is InChI=1S/C12H24N2O2/c1-2-5-11(6-9-15)10-13-12(16)14-7-3-4-8-14/h11,15H,2-10H2,1H3,(H,13,16). The Kier molecular flexibility index (Phi) is 6.23. The summed E-state index contributed by atoms with van der Waals surface area (Å²) in [4.78, 5) is 13.6. The molecule has 1 fully saturated rings. The molecule has 0 saturated carbocycles. The third-order valence-corrected chi connectivity index (χ3v) is 3.17. The van der Waals surface area contributed by atoms with Crippen molar-refractivity contribution in [1.82, 2.24) is 10.2 Å². The molecule has 0 aromatic rings. The maximum absolute atomic E-state index is 11.7. The van der Waals surface area contributed by atoms with E-state index >= 15 is 0 Å². The van der Waals surface area contributed by atoms with Crippen LogP contribution in [0, 0.1) is 5.92 Å². The summed E-state index contributed by atoms with van der Waals surface area (Å²) in [5.74, 6) is 0.418. The van der Waals surface area contributed by atoms with Crippen molar-refractivity contribution in [2.24, 2.45) is 5.92 Å². The van der Waals surface area contributed by atoms with Crippen LogP contribution in [0.4, 0.5) is 4.79 Å². The summed E-state index contributed by atoms with van der Waals surface area (Å²) in [6.45, 7) is 4.83. The Hall–Kier alpha value is -0.770. The van der Waals surface area contributed by atoms with Crippen LogP contribution in [-0.4, -0.2) is 42.3 Å². The minimum Gasteiger partial charge on any atom is -0.396 e. The zero-order valence-electron chi connectivity index (χ0n) is 10.2. The van der Waals surface area contributed by atoms with E-state index < -0.39 is 0 Å². The molecule has 1 unspecified atom stereocenters. The van der Waals surface area contributed by atoms with Crippen LogP contribution in [0.15, 0.2) is 0 Å². The van der Waals surface area contributed by atoms with Gasteiger partial charge in [0, 0.05) is 26.2 Å². The van der Waals surface area contributed by atoms with Gasteiger partial charge in [-0.25, -0.2) is 4.79 Å². The van der Waals surface area contributed by atoms with E-state index in [4.69, 9.17) is 5.11 Å². The van der Waals surface area contributed by atoms with E-state index in [1.54, 1.807) is 0 Å². The summed E-state index contributed by atoms with van der Waals surface area (Å²) in [7, 11) is 0. The van der Waals surface area contributed by atoms with Crippen molar-refractivity contribution >= 4 is 6.03 Å². The van der Waals surface area contributed by atoms with Gasteiger partial charge in [-0.2, -0.15) is 0 Å².